The average molecular weight is 383 g/mol. The summed E-state index contributed by atoms with van der Waals surface area (Å²) in [6.45, 7) is 0.711. The van der Waals surface area contributed by atoms with Crippen LogP contribution >= 0.6 is 23.2 Å². The number of aromatic nitrogens is 1. The van der Waals surface area contributed by atoms with Gasteiger partial charge in [0, 0.05) is 21.4 Å². The number of fused-ring (bicyclic) bond motifs is 3. The Morgan fingerprint density at radius 1 is 0.885 bits per heavy atom. The Bertz CT molecular complexity index is 1080. The monoisotopic (exact) mass is 382 g/mol. The van der Waals surface area contributed by atoms with Crippen LogP contribution in [0.5, 0.6) is 0 Å². The molecular weight excluding hydrogens is 363 g/mol. The van der Waals surface area contributed by atoms with Gasteiger partial charge in [-0.1, -0.05) is 59.6 Å². The number of benzene rings is 3. The number of H-pyrrole nitrogens is 1. The highest BCUT2D eigenvalue weighted by Crippen LogP contribution is 2.38. The molecule has 0 fully saturated rings. The fourth-order valence-electron chi connectivity index (χ4n) is 3.62. The summed E-state index contributed by atoms with van der Waals surface area (Å²) in [5, 5.41) is 5.00. The molecule has 2 nitrogen and oxygen atoms in total. The molecule has 26 heavy (non-hydrogen) atoms. The van der Waals surface area contributed by atoms with E-state index in [1.165, 1.54) is 21.7 Å². The molecule has 4 aromatic rings. The molecule has 0 aliphatic heterocycles. The zero-order valence-corrected chi connectivity index (χ0v) is 15.9. The lowest BCUT2D eigenvalue weighted by atomic mass is 9.99. The third kappa shape index (κ3) is 3.09. The second-order valence-electron chi connectivity index (χ2n) is 6.56. The summed E-state index contributed by atoms with van der Waals surface area (Å²) in [4.78, 5) is 3.65. The SMILES string of the molecule is NCCCCc1c(-c2ccc(Cl)cc2Cl)[nH]c2c1ccc1ccccc12. The number of unbranched alkanes of at least 4 members (excludes halogenated alkanes) is 1. The van der Waals surface area contributed by atoms with E-state index >= 15 is 0 Å². The molecule has 3 aromatic carbocycles. The quantitative estimate of drug-likeness (QED) is 0.376. The van der Waals surface area contributed by atoms with E-state index in [1.54, 1.807) is 6.07 Å². The lowest BCUT2D eigenvalue weighted by Crippen LogP contribution is -1.99. The van der Waals surface area contributed by atoms with Crippen LogP contribution in [0.25, 0.3) is 32.9 Å². The van der Waals surface area contributed by atoms with E-state index in [0.717, 1.165) is 36.0 Å². The summed E-state index contributed by atoms with van der Waals surface area (Å²) < 4.78 is 0. The molecule has 0 amide bonds. The van der Waals surface area contributed by atoms with Crippen LogP contribution in [-0.4, -0.2) is 11.5 Å². The van der Waals surface area contributed by atoms with Gasteiger partial charge in [0.15, 0.2) is 0 Å². The van der Waals surface area contributed by atoms with Crippen molar-refractivity contribution in [2.24, 2.45) is 5.73 Å². The number of hydrogen-bond acceptors (Lipinski definition) is 1. The van der Waals surface area contributed by atoms with Crippen molar-refractivity contribution in [1.29, 1.82) is 0 Å². The number of nitrogens with two attached hydrogens (primary N) is 1. The van der Waals surface area contributed by atoms with Gasteiger partial charge >= 0.3 is 0 Å². The van der Waals surface area contributed by atoms with Gasteiger partial charge < -0.3 is 10.7 Å². The van der Waals surface area contributed by atoms with Crippen LogP contribution in [-0.2, 0) is 6.42 Å². The molecule has 0 spiro atoms. The number of halogens is 2. The molecule has 3 N–H and O–H groups in total. The first-order chi connectivity index (χ1) is 12.7. The van der Waals surface area contributed by atoms with E-state index in [4.69, 9.17) is 28.9 Å². The van der Waals surface area contributed by atoms with Crippen molar-refractivity contribution in [3.8, 4) is 11.3 Å². The van der Waals surface area contributed by atoms with Gasteiger partial charge in [-0.05, 0) is 55.0 Å². The molecule has 0 aliphatic carbocycles. The Kier molecular flexibility index (Phi) is 4.90. The van der Waals surface area contributed by atoms with Crippen molar-refractivity contribution < 1.29 is 0 Å². The second kappa shape index (κ2) is 7.32. The predicted octanol–water partition coefficient (Wildman–Crippen LogP) is 6.58. The van der Waals surface area contributed by atoms with Crippen LogP contribution in [0.3, 0.4) is 0 Å². The van der Waals surface area contributed by atoms with E-state index in [2.05, 4.69) is 41.4 Å². The van der Waals surface area contributed by atoms with Crippen LogP contribution in [0, 0.1) is 0 Å². The van der Waals surface area contributed by atoms with Gasteiger partial charge in [0.25, 0.3) is 0 Å². The molecule has 132 valence electrons. The number of rotatable bonds is 5. The standard InChI is InChI=1S/C22H20Cl2N2/c23-15-9-11-19(20(24)13-15)22-17(7-3-4-12-25)18-10-8-14-5-1-2-6-16(14)21(18)26-22/h1-2,5-6,8-11,13,26H,3-4,7,12,25H2. The Balaban J connectivity index is 1.97. The van der Waals surface area contributed by atoms with Crippen molar-refractivity contribution in [3.63, 3.8) is 0 Å². The molecule has 0 saturated carbocycles. The van der Waals surface area contributed by atoms with Crippen molar-refractivity contribution in [3.05, 3.63) is 70.2 Å². The number of nitrogens with one attached hydrogen (secondary N) is 1. The van der Waals surface area contributed by atoms with E-state index in [1.807, 2.05) is 12.1 Å². The topological polar surface area (TPSA) is 41.8 Å². The molecule has 1 aromatic heterocycles. The van der Waals surface area contributed by atoms with Crippen LogP contribution in [0.4, 0.5) is 0 Å². The summed E-state index contributed by atoms with van der Waals surface area (Å²) in [7, 11) is 0. The normalized spacial score (nSPS) is 11.5. The van der Waals surface area contributed by atoms with Crippen molar-refractivity contribution in [1.82, 2.24) is 4.98 Å². The van der Waals surface area contributed by atoms with E-state index < -0.39 is 0 Å². The van der Waals surface area contributed by atoms with Gasteiger partial charge in [0.2, 0.25) is 0 Å². The molecule has 0 atom stereocenters. The second-order valence-corrected chi connectivity index (χ2v) is 7.40. The largest absolute Gasteiger partial charge is 0.354 e. The maximum atomic E-state index is 6.52. The van der Waals surface area contributed by atoms with Crippen molar-refractivity contribution >= 4 is 44.9 Å². The Hall–Kier alpha value is -2.00. The van der Waals surface area contributed by atoms with Gasteiger partial charge in [-0.3, -0.25) is 0 Å². The first kappa shape index (κ1) is 17.4. The van der Waals surface area contributed by atoms with Crippen molar-refractivity contribution in [2.45, 2.75) is 19.3 Å². The Labute approximate surface area is 162 Å². The fraction of sp³-hybridized carbons (Fsp3) is 0.182. The summed E-state index contributed by atoms with van der Waals surface area (Å²) in [5.41, 5.74) is 10.2. The highest BCUT2D eigenvalue weighted by molar-refractivity contribution is 6.36. The summed E-state index contributed by atoms with van der Waals surface area (Å²) in [6, 6.07) is 18.5. The zero-order valence-electron chi connectivity index (χ0n) is 14.4. The summed E-state index contributed by atoms with van der Waals surface area (Å²) in [5.74, 6) is 0. The number of aromatic amines is 1. The third-order valence-corrected chi connectivity index (χ3v) is 5.44. The van der Waals surface area contributed by atoms with Crippen LogP contribution in [0.15, 0.2) is 54.6 Å². The van der Waals surface area contributed by atoms with Gasteiger partial charge in [-0.15, -0.1) is 0 Å². The average Bonchev–Trinajstić information content (AvgIpc) is 3.01. The van der Waals surface area contributed by atoms with Crippen LogP contribution in [0.2, 0.25) is 10.0 Å². The lowest BCUT2D eigenvalue weighted by molar-refractivity contribution is 0.748. The molecule has 4 heteroatoms. The molecule has 0 unspecified atom stereocenters. The lowest BCUT2D eigenvalue weighted by Gasteiger charge is -2.07. The molecular formula is C22H20Cl2N2. The van der Waals surface area contributed by atoms with Crippen LogP contribution in [0.1, 0.15) is 18.4 Å². The maximum absolute atomic E-state index is 6.52. The first-order valence-electron chi connectivity index (χ1n) is 8.87. The Morgan fingerprint density at radius 2 is 1.73 bits per heavy atom. The van der Waals surface area contributed by atoms with Gasteiger partial charge in [-0.2, -0.15) is 0 Å². The fourth-order valence-corrected chi connectivity index (χ4v) is 4.12. The predicted molar refractivity (Wildman–Crippen MR) is 113 cm³/mol. The minimum Gasteiger partial charge on any atom is -0.354 e. The van der Waals surface area contributed by atoms with E-state index in [0.29, 0.717) is 16.6 Å². The summed E-state index contributed by atoms with van der Waals surface area (Å²) in [6.07, 6.45) is 3.02. The van der Waals surface area contributed by atoms with Gasteiger partial charge in [-0.25, -0.2) is 0 Å². The molecule has 1 heterocycles. The van der Waals surface area contributed by atoms with E-state index in [9.17, 15) is 0 Å². The molecule has 4 rings (SSSR count). The zero-order chi connectivity index (χ0) is 18.1. The third-order valence-electron chi connectivity index (χ3n) is 4.89. The van der Waals surface area contributed by atoms with Crippen molar-refractivity contribution in [2.75, 3.05) is 6.54 Å². The number of aryl methyl sites for hydroxylation is 1. The first-order valence-corrected chi connectivity index (χ1v) is 9.62. The maximum Gasteiger partial charge on any atom is 0.0541 e. The van der Waals surface area contributed by atoms with Gasteiger partial charge in [0.1, 0.15) is 0 Å². The minimum atomic E-state index is 0.644. The van der Waals surface area contributed by atoms with Crippen LogP contribution < -0.4 is 5.73 Å². The van der Waals surface area contributed by atoms with Gasteiger partial charge in [0.05, 0.1) is 16.2 Å². The molecule has 0 radical (unpaired) electrons. The molecule has 0 bridgehead atoms. The highest BCUT2D eigenvalue weighted by Gasteiger charge is 2.17. The Morgan fingerprint density at radius 3 is 2.54 bits per heavy atom. The number of hydrogen-bond donors (Lipinski definition) is 2. The molecule has 0 saturated heterocycles. The highest BCUT2D eigenvalue weighted by atomic mass is 35.5. The van der Waals surface area contributed by atoms with E-state index in [-0.39, 0.29) is 0 Å². The minimum absolute atomic E-state index is 0.644. The smallest absolute Gasteiger partial charge is 0.0541 e. The summed E-state index contributed by atoms with van der Waals surface area (Å²) >= 11 is 12.6. The molecule has 0 aliphatic rings.